The van der Waals surface area contributed by atoms with Gasteiger partial charge in [-0.15, -0.1) is 0 Å². The van der Waals surface area contributed by atoms with Crippen LogP contribution in [0.25, 0.3) is 11.1 Å². The van der Waals surface area contributed by atoms with Crippen molar-refractivity contribution in [3.8, 4) is 16.9 Å². The van der Waals surface area contributed by atoms with Crippen molar-refractivity contribution in [1.29, 1.82) is 0 Å². The summed E-state index contributed by atoms with van der Waals surface area (Å²) < 4.78 is 30.3. The molecule has 5 heteroatoms. The Bertz CT molecular complexity index is 963. The third kappa shape index (κ3) is 5.79. The molecule has 3 rings (SSSR count). The van der Waals surface area contributed by atoms with Crippen LogP contribution in [0.5, 0.6) is 5.75 Å². The third-order valence-corrected chi connectivity index (χ3v) is 4.90. The summed E-state index contributed by atoms with van der Waals surface area (Å²) in [6.45, 7) is 3.72. The van der Waals surface area contributed by atoms with E-state index in [1.165, 1.54) is 0 Å². The molecule has 27 heavy (non-hydrogen) atoms. The zero-order valence-electron chi connectivity index (χ0n) is 15.3. The van der Waals surface area contributed by atoms with Crippen molar-refractivity contribution in [2.24, 2.45) is 0 Å². The molecule has 0 aliphatic heterocycles. The number of para-hydroxylation sites is 1. The van der Waals surface area contributed by atoms with Crippen LogP contribution in [-0.2, 0) is 14.9 Å². The predicted octanol–water partition coefficient (Wildman–Crippen LogP) is 5.03. The summed E-state index contributed by atoms with van der Waals surface area (Å²) in [4.78, 5) is 9.32. The molecular formula is C22H22O4S. The van der Waals surface area contributed by atoms with Crippen molar-refractivity contribution in [1.82, 2.24) is 0 Å². The molecule has 0 aliphatic carbocycles. The first kappa shape index (κ1) is 20.4. The first-order valence-corrected chi connectivity index (χ1v) is 9.98. The molecule has 0 unspecified atom stereocenters. The van der Waals surface area contributed by atoms with Gasteiger partial charge in [0.05, 0.1) is 0 Å². The van der Waals surface area contributed by atoms with Crippen LogP contribution < -0.4 is 4.18 Å². The average molecular weight is 382 g/mol. The number of carbonyl (C=O) groups is 1. The first-order chi connectivity index (χ1) is 13.0. The Kier molecular flexibility index (Phi) is 7.32. The van der Waals surface area contributed by atoms with Gasteiger partial charge in [0.1, 0.15) is 11.2 Å². The highest BCUT2D eigenvalue weighted by molar-refractivity contribution is 7.87. The molecular weight excluding hydrogens is 360 g/mol. The predicted molar refractivity (Wildman–Crippen MR) is 107 cm³/mol. The topological polar surface area (TPSA) is 60.4 Å². The standard InChI is InChI=1S/C19H16O3S.C3H6O/c1-15-11-13-17(14-12-15)23(20,21)22-19-10-6-5-9-18(19)16-7-3-2-4-8-16;1-2-3-4/h2-14H,1H3;3H,2H2,1H3. The van der Waals surface area contributed by atoms with Crippen LogP contribution in [0.4, 0.5) is 0 Å². The van der Waals surface area contributed by atoms with Gasteiger partial charge in [0.2, 0.25) is 0 Å². The fraction of sp³-hybridized carbons (Fsp3) is 0.136. The molecule has 0 amide bonds. The van der Waals surface area contributed by atoms with Gasteiger partial charge >= 0.3 is 10.1 Å². The SMILES string of the molecule is CCC=O.Cc1ccc(S(=O)(=O)Oc2ccccc2-c2ccccc2)cc1. The van der Waals surface area contributed by atoms with Gasteiger partial charge in [0, 0.05) is 12.0 Å². The van der Waals surface area contributed by atoms with Gasteiger partial charge in [0.15, 0.2) is 5.75 Å². The minimum absolute atomic E-state index is 0.144. The van der Waals surface area contributed by atoms with E-state index in [2.05, 4.69) is 0 Å². The molecule has 0 bridgehead atoms. The van der Waals surface area contributed by atoms with E-state index in [0.717, 1.165) is 23.0 Å². The lowest BCUT2D eigenvalue weighted by Gasteiger charge is -2.11. The van der Waals surface area contributed by atoms with Gasteiger partial charge in [-0.25, -0.2) is 0 Å². The zero-order chi connectivity index (χ0) is 19.7. The second-order valence-corrected chi connectivity index (χ2v) is 7.33. The van der Waals surface area contributed by atoms with Crippen LogP contribution in [0, 0.1) is 6.92 Å². The summed E-state index contributed by atoms with van der Waals surface area (Å²) in [5.41, 5.74) is 2.64. The minimum atomic E-state index is -3.86. The molecule has 3 aromatic carbocycles. The summed E-state index contributed by atoms with van der Waals surface area (Å²) >= 11 is 0. The summed E-state index contributed by atoms with van der Waals surface area (Å²) in [6.07, 6.45) is 1.51. The molecule has 0 heterocycles. The summed E-state index contributed by atoms with van der Waals surface area (Å²) in [6, 6.07) is 23.3. The van der Waals surface area contributed by atoms with E-state index in [1.807, 2.05) is 56.3 Å². The maximum Gasteiger partial charge on any atom is 0.339 e. The van der Waals surface area contributed by atoms with E-state index < -0.39 is 10.1 Å². The Labute approximate surface area is 160 Å². The van der Waals surface area contributed by atoms with Crippen LogP contribution in [0.1, 0.15) is 18.9 Å². The van der Waals surface area contributed by atoms with E-state index in [0.29, 0.717) is 12.2 Å². The molecule has 0 aromatic heterocycles. The number of benzene rings is 3. The molecule has 0 saturated heterocycles. The van der Waals surface area contributed by atoms with Crippen LogP contribution >= 0.6 is 0 Å². The molecule has 140 valence electrons. The Morgan fingerprint density at radius 3 is 2.00 bits per heavy atom. The minimum Gasteiger partial charge on any atom is -0.378 e. The summed E-state index contributed by atoms with van der Waals surface area (Å²) in [7, 11) is -3.86. The highest BCUT2D eigenvalue weighted by atomic mass is 32.2. The Morgan fingerprint density at radius 1 is 0.852 bits per heavy atom. The summed E-state index contributed by atoms with van der Waals surface area (Å²) in [5.74, 6) is 0.319. The second kappa shape index (κ2) is 9.69. The van der Waals surface area contributed by atoms with Gasteiger partial charge in [0.25, 0.3) is 0 Å². The van der Waals surface area contributed by atoms with E-state index in [4.69, 9.17) is 4.18 Å². The van der Waals surface area contributed by atoms with Crippen molar-refractivity contribution in [3.05, 3.63) is 84.4 Å². The lowest BCUT2D eigenvalue weighted by atomic mass is 10.1. The molecule has 0 N–H and O–H groups in total. The molecule has 0 fully saturated rings. The fourth-order valence-electron chi connectivity index (χ4n) is 2.27. The number of carbonyl (C=O) groups excluding carboxylic acids is 1. The number of aldehydes is 1. The van der Waals surface area contributed by atoms with E-state index in [9.17, 15) is 13.2 Å². The fourth-order valence-corrected chi connectivity index (χ4v) is 3.21. The number of hydrogen-bond donors (Lipinski definition) is 0. The lowest BCUT2D eigenvalue weighted by Crippen LogP contribution is -2.10. The molecule has 4 nitrogen and oxygen atoms in total. The maximum atomic E-state index is 12.5. The van der Waals surface area contributed by atoms with Crippen LogP contribution in [0.3, 0.4) is 0 Å². The maximum absolute atomic E-state index is 12.5. The molecule has 0 spiro atoms. The molecule has 0 aliphatic rings. The highest BCUT2D eigenvalue weighted by Crippen LogP contribution is 2.31. The van der Waals surface area contributed by atoms with Crippen molar-refractivity contribution < 1.29 is 17.4 Å². The molecule has 0 saturated carbocycles. The monoisotopic (exact) mass is 382 g/mol. The number of rotatable bonds is 5. The van der Waals surface area contributed by atoms with E-state index in [1.54, 1.807) is 36.4 Å². The largest absolute Gasteiger partial charge is 0.378 e. The van der Waals surface area contributed by atoms with Crippen LogP contribution in [0.15, 0.2) is 83.8 Å². The van der Waals surface area contributed by atoms with Gasteiger partial charge < -0.3 is 8.98 Å². The quantitative estimate of drug-likeness (QED) is 0.459. The highest BCUT2D eigenvalue weighted by Gasteiger charge is 2.18. The number of hydrogen-bond acceptors (Lipinski definition) is 4. The van der Waals surface area contributed by atoms with Crippen molar-refractivity contribution in [2.75, 3.05) is 0 Å². The van der Waals surface area contributed by atoms with Crippen LogP contribution in [0.2, 0.25) is 0 Å². The Hall–Kier alpha value is -2.92. The normalized spacial score (nSPS) is 10.4. The molecule has 0 radical (unpaired) electrons. The molecule has 0 atom stereocenters. The first-order valence-electron chi connectivity index (χ1n) is 8.57. The van der Waals surface area contributed by atoms with Crippen LogP contribution in [-0.4, -0.2) is 14.7 Å². The summed E-state index contributed by atoms with van der Waals surface area (Å²) in [5, 5.41) is 0. The third-order valence-electron chi connectivity index (χ3n) is 3.65. The van der Waals surface area contributed by atoms with Gasteiger partial charge in [-0.05, 0) is 30.7 Å². The number of aryl methyl sites for hydroxylation is 1. The van der Waals surface area contributed by atoms with Gasteiger partial charge in [-0.2, -0.15) is 8.42 Å². The smallest absolute Gasteiger partial charge is 0.339 e. The second-order valence-electron chi connectivity index (χ2n) is 5.79. The van der Waals surface area contributed by atoms with Crippen molar-refractivity contribution >= 4 is 16.4 Å². The van der Waals surface area contributed by atoms with Gasteiger partial charge in [-0.1, -0.05) is 73.2 Å². The Morgan fingerprint density at radius 2 is 1.41 bits per heavy atom. The van der Waals surface area contributed by atoms with Gasteiger partial charge in [-0.3, -0.25) is 0 Å². The lowest BCUT2D eigenvalue weighted by molar-refractivity contribution is -0.107. The van der Waals surface area contributed by atoms with E-state index >= 15 is 0 Å². The average Bonchev–Trinajstić information content (AvgIpc) is 2.69. The Balaban J connectivity index is 0.000000596. The van der Waals surface area contributed by atoms with E-state index in [-0.39, 0.29) is 4.90 Å². The zero-order valence-corrected chi connectivity index (χ0v) is 16.1. The van der Waals surface area contributed by atoms with Crippen molar-refractivity contribution in [2.45, 2.75) is 25.2 Å². The van der Waals surface area contributed by atoms with Crippen molar-refractivity contribution in [3.63, 3.8) is 0 Å². The molecule has 3 aromatic rings.